The molecule has 2 aromatic rings. The normalized spacial score (nSPS) is 20.0. The molecule has 0 bridgehead atoms. The molecule has 4 rings (SSSR count). The quantitative estimate of drug-likeness (QED) is 0.350. The molecule has 0 aliphatic carbocycles. The lowest BCUT2D eigenvalue weighted by Crippen LogP contribution is -2.48. The highest BCUT2D eigenvalue weighted by Gasteiger charge is 2.49. The number of halogens is 1. The topological polar surface area (TPSA) is 109 Å². The molecule has 2 saturated heterocycles. The molecule has 1 aromatic heterocycles. The van der Waals surface area contributed by atoms with Gasteiger partial charge in [0.15, 0.2) is 0 Å². The standard InChI is InChI=1S/C26H28ClN3O6/c1-3-35-18-7-8-20(27)19(14-18)23(31)21-22(16-6-5-11-28-15-16)30(25(33)24(21)32)17-9-12-29(13-10-17)26(34)36-4-2/h5-8,11,14-15,17,22,31H,3-4,9-10,12-13H2,1-2H3/b23-21+. The third-order valence-corrected chi connectivity index (χ3v) is 6.70. The van der Waals surface area contributed by atoms with Gasteiger partial charge in [0, 0.05) is 37.1 Å². The van der Waals surface area contributed by atoms with Gasteiger partial charge in [0.2, 0.25) is 0 Å². The fraction of sp³-hybridized carbons (Fsp3) is 0.385. The van der Waals surface area contributed by atoms with E-state index in [4.69, 9.17) is 21.1 Å². The third kappa shape index (κ3) is 4.88. The summed E-state index contributed by atoms with van der Waals surface area (Å²) in [4.78, 5) is 46.1. The van der Waals surface area contributed by atoms with Crippen LogP contribution >= 0.6 is 11.6 Å². The summed E-state index contributed by atoms with van der Waals surface area (Å²) in [5.74, 6) is -1.41. The Bertz CT molecular complexity index is 1180. The van der Waals surface area contributed by atoms with E-state index in [0.717, 1.165) is 0 Å². The molecular weight excluding hydrogens is 486 g/mol. The highest BCUT2D eigenvalue weighted by Crippen LogP contribution is 2.43. The van der Waals surface area contributed by atoms with E-state index in [-0.39, 0.29) is 34.6 Å². The lowest BCUT2D eigenvalue weighted by atomic mass is 9.94. The van der Waals surface area contributed by atoms with Crippen LogP contribution in [-0.4, -0.2) is 70.0 Å². The molecule has 10 heteroatoms. The number of carbonyl (C=O) groups excluding carboxylic acids is 3. The summed E-state index contributed by atoms with van der Waals surface area (Å²) in [7, 11) is 0. The molecule has 0 saturated carbocycles. The van der Waals surface area contributed by atoms with Gasteiger partial charge >= 0.3 is 6.09 Å². The second-order valence-corrected chi connectivity index (χ2v) is 8.89. The highest BCUT2D eigenvalue weighted by atomic mass is 35.5. The molecule has 0 radical (unpaired) electrons. The van der Waals surface area contributed by atoms with Gasteiger partial charge in [0.25, 0.3) is 11.7 Å². The zero-order chi connectivity index (χ0) is 25.8. The fourth-order valence-corrected chi connectivity index (χ4v) is 4.93. The van der Waals surface area contributed by atoms with Gasteiger partial charge in [0.05, 0.1) is 29.9 Å². The second kappa shape index (κ2) is 11.0. The maximum atomic E-state index is 13.4. The summed E-state index contributed by atoms with van der Waals surface area (Å²) in [6, 6.07) is 7.07. The van der Waals surface area contributed by atoms with Gasteiger partial charge in [-0.2, -0.15) is 0 Å². The van der Waals surface area contributed by atoms with E-state index in [1.807, 2.05) is 6.92 Å². The number of amides is 2. The number of piperidine rings is 1. The van der Waals surface area contributed by atoms with E-state index in [9.17, 15) is 19.5 Å². The Kier molecular flexibility index (Phi) is 7.79. The number of ether oxygens (including phenoxy) is 2. The van der Waals surface area contributed by atoms with Crippen molar-refractivity contribution in [3.05, 3.63) is 64.4 Å². The van der Waals surface area contributed by atoms with Gasteiger partial charge in [-0.3, -0.25) is 14.6 Å². The third-order valence-electron chi connectivity index (χ3n) is 6.37. The molecule has 9 nitrogen and oxygen atoms in total. The Labute approximate surface area is 214 Å². The average Bonchev–Trinajstić information content (AvgIpc) is 3.16. The van der Waals surface area contributed by atoms with E-state index in [1.54, 1.807) is 54.5 Å². The number of hydrogen-bond donors (Lipinski definition) is 1. The first-order chi connectivity index (χ1) is 17.4. The number of likely N-dealkylation sites (tertiary alicyclic amines) is 2. The Hall–Kier alpha value is -3.59. The number of aromatic nitrogens is 1. The largest absolute Gasteiger partial charge is 0.507 e. The first-order valence-electron chi connectivity index (χ1n) is 11.9. The fourth-order valence-electron chi connectivity index (χ4n) is 4.72. The number of hydrogen-bond acceptors (Lipinski definition) is 7. The molecule has 1 atom stereocenters. The van der Waals surface area contributed by atoms with Gasteiger partial charge in [-0.25, -0.2) is 4.79 Å². The number of Topliss-reactive ketones (excluding diaryl/α,β-unsaturated/α-hetero) is 1. The number of aliphatic hydroxyl groups excluding tert-OH is 1. The van der Waals surface area contributed by atoms with Crippen molar-refractivity contribution in [2.75, 3.05) is 26.3 Å². The molecule has 190 valence electrons. The molecule has 0 spiro atoms. The molecule has 2 aliphatic heterocycles. The van der Waals surface area contributed by atoms with Crippen LogP contribution in [0.4, 0.5) is 4.79 Å². The van der Waals surface area contributed by atoms with Crippen molar-refractivity contribution in [2.45, 2.75) is 38.8 Å². The minimum Gasteiger partial charge on any atom is -0.507 e. The predicted octanol–water partition coefficient (Wildman–Crippen LogP) is 4.18. The van der Waals surface area contributed by atoms with Crippen LogP contribution in [0.3, 0.4) is 0 Å². The van der Waals surface area contributed by atoms with Crippen molar-refractivity contribution in [1.29, 1.82) is 0 Å². The summed E-state index contributed by atoms with van der Waals surface area (Å²) in [5.41, 5.74) is 0.728. The Morgan fingerprint density at radius 3 is 2.56 bits per heavy atom. The van der Waals surface area contributed by atoms with Crippen molar-refractivity contribution in [3.63, 3.8) is 0 Å². The highest BCUT2D eigenvalue weighted by molar-refractivity contribution is 6.47. The van der Waals surface area contributed by atoms with E-state index < -0.39 is 23.8 Å². The van der Waals surface area contributed by atoms with Crippen molar-refractivity contribution in [3.8, 4) is 5.75 Å². The number of carbonyl (C=O) groups is 3. The summed E-state index contributed by atoms with van der Waals surface area (Å²) < 4.78 is 10.6. The van der Waals surface area contributed by atoms with Gasteiger partial charge in [0.1, 0.15) is 11.5 Å². The molecule has 3 heterocycles. The average molecular weight is 514 g/mol. The van der Waals surface area contributed by atoms with Crippen LogP contribution in [0, 0.1) is 0 Å². The minimum absolute atomic E-state index is 0.0589. The van der Waals surface area contributed by atoms with Gasteiger partial charge < -0.3 is 24.4 Å². The second-order valence-electron chi connectivity index (χ2n) is 8.48. The van der Waals surface area contributed by atoms with E-state index >= 15 is 0 Å². The number of aliphatic hydroxyl groups is 1. The zero-order valence-corrected chi connectivity index (χ0v) is 20.9. The number of rotatable bonds is 6. The lowest BCUT2D eigenvalue weighted by molar-refractivity contribution is -0.142. The smallest absolute Gasteiger partial charge is 0.409 e. The van der Waals surface area contributed by atoms with E-state index in [1.165, 1.54) is 4.90 Å². The van der Waals surface area contributed by atoms with Crippen molar-refractivity contribution in [1.82, 2.24) is 14.8 Å². The summed E-state index contributed by atoms with van der Waals surface area (Å²) in [6.45, 7) is 5.03. The number of nitrogens with zero attached hydrogens (tertiary/aromatic N) is 3. The van der Waals surface area contributed by atoms with Crippen LogP contribution in [0.25, 0.3) is 5.76 Å². The Balaban J connectivity index is 1.75. The molecule has 1 aromatic carbocycles. The monoisotopic (exact) mass is 513 g/mol. The first kappa shape index (κ1) is 25.5. The van der Waals surface area contributed by atoms with Gasteiger partial charge in [-0.15, -0.1) is 0 Å². The first-order valence-corrected chi connectivity index (χ1v) is 12.3. The SMILES string of the molecule is CCOC(=O)N1CCC(N2C(=O)C(=O)/C(=C(/O)c3cc(OCC)ccc3Cl)C2c2cccnc2)CC1. The van der Waals surface area contributed by atoms with Gasteiger partial charge in [-0.05, 0) is 56.5 Å². The Morgan fingerprint density at radius 2 is 1.92 bits per heavy atom. The van der Waals surface area contributed by atoms with Crippen LogP contribution in [-0.2, 0) is 14.3 Å². The predicted molar refractivity (Wildman–Crippen MR) is 133 cm³/mol. The molecular formula is C26H28ClN3O6. The number of pyridine rings is 1. The molecule has 36 heavy (non-hydrogen) atoms. The van der Waals surface area contributed by atoms with Crippen molar-refractivity contribution < 1.29 is 29.0 Å². The van der Waals surface area contributed by atoms with Crippen LogP contribution in [0.5, 0.6) is 5.75 Å². The molecule has 2 amide bonds. The van der Waals surface area contributed by atoms with E-state index in [2.05, 4.69) is 4.98 Å². The van der Waals surface area contributed by atoms with Crippen molar-refractivity contribution >= 4 is 35.1 Å². The molecule has 1 unspecified atom stereocenters. The number of benzene rings is 1. The molecule has 1 N–H and O–H groups in total. The van der Waals surface area contributed by atoms with Crippen LogP contribution in [0.1, 0.15) is 43.9 Å². The van der Waals surface area contributed by atoms with Crippen LogP contribution in [0.2, 0.25) is 5.02 Å². The van der Waals surface area contributed by atoms with Gasteiger partial charge in [-0.1, -0.05) is 17.7 Å². The molecule has 2 fully saturated rings. The van der Waals surface area contributed by atoms with Crippen LogP contribution < -0.4 is 4.74 Å². The minimum atomic E-state index is -0.857. The zero-order valence-electron chi connectivity index (χ0n) is 20.1. The number of ketones is 1. The van der Waals surface area contributed by atoms with Crippen molar-refractivity contribution in [2.24, 2.45) is 0 Å². The maximum absolute atomic E-state index is 13.4. The van der Waals surface area contributed by atoms with E-state index in [0.29, 0.717) is 43.9 Å². The summed E-state index contributed by atoms with van der Waals surface area (Å²) >= 11 is 6.38. The Morgan fingerprint density at radius 1 is 1.17 bits per heavy atom. The maximum Gasteiger partial charge on any atom is 0.409 e. The van der Waals surface area contributed by atoms with Crippen LogP contribution in [0.15, 0.2) is 48.3 Å². The molecule has 2 aliphatic rings. The summed E-state index contributed by atoms with van der Waals surface area (Å²) in [6.07, 6.45) is 3.69. The lowest BCUT2D eigenvalue weighted by Gasteiger charge is -2.38. The summed E-state index contributed by atoms with van der Waals surface area (Å²) in [5, 5.41) is 11.6.